The molecule has 1 rings (SSSR count). The Hall–Kier alpha value is -0.790. The molecule has 0 heterocycles. The molecule has 108 valence electrons. The van der Waals surface area contributed by atoms with Crippen molar-refractivity contribution in [3.05, 3.63) is 23.5 Å². The zero-order valence-corrected chi connectivity index (χ0v) is 13.1. The summed E-state index contributed by atoms with van der Waals surface area (Å²) in [4.78, 5) is -0.369. The third kappa shape index (κ3) is 3.40. The molecule has 0 fully saturated rings. The smallest absolute Gasteiger partial charge is 0.246 e. The number of nitrogens with zero attached hydrogens (tertiary/aromatic N) is 1. The van der Waals surface area contributed by atoms with E-state index in [0.29, 0.717) is 11.3 Å². The Kier molecular flexibility index (Phi) is 5.23. The zero-order valence-electron chi connectivity index (χ0n) is 11.5. The molecule has 7 heteroatoms. The minimum Gasteiger partial charge on any atom is -0.398 e. The number of rotatable bonds is 5. The molecule has 1 aromatic carbocycles. The van der Waals surface area contributed by atoms with E-state index in [9.17, 15) is 12.8 Å². The molecule has 0 aliphatic rings. The number of aryl methyl sites for hydroxylation is 1. The molecule has 0 bridgehead atoms. The third-order valence-corrected chi connectivity index (χ3v) is 5.81. The topological polar surface area (TPSA) is 63.4 Å². The van der Waals surface area contributed by atoms with Crippen LogP contribution < -0.4 is 5.73 Å². The van der Waals surface area contributed by atoms with Gasteiger partial charge in [-0.2, -0.15) is 16.1 Å². The van der Waals surface area contributed by atoms with E-state index in [1.54, 1.807) is 13.8 Å². The fourth-order valence-corrected chi connectivity index (χ4v) is 3.84. The number of anilines is 1. The van der Waals surface area contributed by atoms with Gasteiger partial charge < -0.3 is 5.73 Å². The maximum atomic E-state index is 13.9. The maximum absolute atomic E-state index is 13.9. The van der Waals surface area contributed by atoms with Crippen molar-refractivity contribution in [1.82, 2.24) is 4.31 Å². The Morgan fingerprint density at radius 2 is 2.05 bits per heavy atom. The minimum absolute atomic E-state index is 0.220. The molecule has 0 radical (unpaired) electrons. The first-order valence-electron chi connectivity index (χ1n) is 5.74. The van der Waals surface area contributed by atoms with Gasteiger partial charge in [0.05, 0.1) is 0 Å². The second kappa shape index (κ2) is 6.11. The number of hydrogen-bond acceptors (Lipinski definition) is 4. The van der Waals surface area contributed by atoms with E-state index in [1.165, 1.54) is 29.2 Å². The van der Waals surface area contributed by atoms with Crippen LogP contribution in [0.3, 0.4) is 0 Å². The number of nitrogen functional groups attached to an aromatic ring is 1. The number of hydrogen-bond donors (Lipinski definition) is 1. The normalized spacial score (nSPS) is 13.8. The summed E-state index contributed by atoms with van der Waals surface area (Å²) in [6.45, 7) is 3.42. The molecule has 19 heavy (non-hydrogen) atoms. The minimum atomic E-state index is -3.87. The molecule has 0 spiro atoms. The third-order valence-electron chi connectivity index (χ3n) is 3.01. The van der Waals surface area contributed by atoms with Crippen LogP contribution in [0.5, 0.6) is 0 Å². The van der Waals surface area contributed by atoms with E-state index in [0.717, 1.165) is 6.07 Å². The van der Waals surface area contributed by atoms with Gasteiger partial charge in [-0.05, 0) is 37.8 Å². The van der Waals surface area contributed by atoms with E-state index in [1.807, 2.05) is 6.26 Å². The Morgan fingerprint density at radius 1 is 1.47 bits per heavy atom. The Bertz CT molecular complexity index is 561. The summed E-state index contributed by atoms with van der Waals surface area (Å²) >= 11 is 1.53. The van der Waals surface area contributed by atoms with Gasteiger partial charge in [0.25, 0.3) is 0 Å². The maximum Gasteiger partial charge on any atom is 0.246 e. The molecular formula is C12H19FN2O2S2. The van der Waals surface area contributed by atoms with Crippen molar-refractivity contribution in [2.75, 3.05) is 24.8 Å². The second-order valence-corrected chi connectivity index (χ2v) is 7.34. The Labute approximate surface area is 118 Å². The molecular weight excluding hydrogens is 287 g/mol. The predicted molar refractivity (Wildman–Crippen MR) is 78.3 cm³/mol. The Balaban J connectivity index is 3.24. The lowest BCUT2D eigenvalue weighted by Gasteiger charge is -2.24. The number of nitrogens with two attached hydrogens (primary N) is 1. The number of thioether (sulfide) groups is 1. The standard InChI is InChI=1S/C12H19FN2O2S2/c1-8-5-10(13)12(6-11(8)14)19(16,17)15(3)9(2)7-18-4/h5-6,9H,7,14H2,1-4H3. The lowest BCUT2D eigenvalue weighted by Crippen LogP contribution is -2.37. The van der Waals surface area contributed by atoms with Gasteiger partial charge in [-0.3, -0.25) is 0 Å². The van der Waals surface area contributed by atoms with Gasteiger partial charge in [-0.1, -0.05) is 0 Å². The van der Waals surface area contributed by atoms with Gasteiger partial charge in [-0.25, -0.2) is 12.8 Å². The van der Waals surface area contributed by atoms with E-state index >= 15 is 0 Å². The molecule has 0 aromatic heterocycles. The summed E-state index contributed by atoms with van der Waals surface area (Å²) in [6, 6.07) is 2.11. The zero-order chi connectivity index (χ0) is 14.8. The van der Waals surface area contributed by atoms with E-state index in [-0.39, 0.29) is 16.6 Å². The van der Waals surface area contributed by atoms with Crippen LogP contribution in [-0.4, -0.2) is 37.8 Å². The van der Waals surface area contributed by atoms with Gasteiger partial charge in [-0.15, -0.1) is 0 Å². The fraction of sp³-hybridized carbons (Fsp3) is 0.500. The van der Waals surface area contributed by atoms with Crippen molar-refractivity contribution >= 4 is 27.5 Å². The number of halogens is 1. The average molecular weight is 306 g/mol. The van der Waals surface area contributed by atoms with E-state index in [2.05, 4.69) is 0 Å². The van der Waals surface area contributed by atoms with Crippen LogP contribution in [0, 0.1) is 12.7 Å². The SMILES string of the molecule is CSCC(C)N(C)S(=O)(=O)c1cc(N)c(C)cc1F. The van der Waals surface area contributed by atoms with Crippen LogP contribution in [0.1, 0.15) is 12.5 Å². The van der Waals surface area contributed by atoms with Crippen molar-refractivity contribution in [2.24, 2.45) is 0 Å². The molecule has 0 saturated carbocycles. The van der Waals surface area contributed by atoms with Gasteiger partial charge >= 0.3 is 0 Å². The highest BCUT2D eigenvalue weighted by molar-refractivity contribution is 7.98. The monoisotopic (exact) mass is 306 g/mol. The largest absolute Gasteiger partial charge is 0.398 e. The first-order chi connectivity index (χ1) is 8.71. The van der Waals surface area contributed by atoms with Crippen LogP contribution in [0.25, 0.3) is 0 Å². The second-order valence-electron chi connectivity index (χ2n) is 4.46. The van der Waals surface area contributed by atoms with Gasteiger partial charge in [0.15, 0.2) is 0 Å². The van der Waals surface area contributed by atoms with Crippen LogP contribution >= 0.6 is 11.8 Å². The summed E-state index contributed by atoms with van der Waals surface area (Å²) in [6.07, 6.45) is 1.89. The fourth-order valence-electron chi connectivity index (χ4n) is 1.60. The van der Waals surface area contributed by atoms with Gasteiger partial charge in [0.1, 0.15) is 10.7 Å². The van der Waals surface area contributed by atoms with E-state index < -0.39 is 15.8 Å². The van der Waals surface area contributed by atoms with Gasteiger partial charge in [0, 0.05) is 24.5 Å². The summed E-state index contributed by atoms with van der Waals surface area (Å²) in [5.41, 5.74) is 6.46. The molecule has 1 unspecified atom stereocenters. The summed E-state index contributed by atoms with van der Waals surface area (Å²) in [5, 5.41) is 0. The lowest BCUT2D eigenvalue weighted by molar-refractivity contribution is 0.411. The number of sulfonamides is 1. The molecule has 0 aliphatic carbocycles. The van der Waals surface area contributed by atoms with Crippen LogP contribution in [-0.2, 0) is 10.0 Å². The average Bonchev–Trinajstić information content (AvgIpc) is 2.32. The van der Waals surface area contributed by atoms with Crippen LogP contribution in [0.4, 0.5) is 10.1 Å². The summed E-state index contributed by atoms with van der Waals surface area (Å²) < 4.78 is 39.8. The molecule has 1 aromatic rings. The summed E-state index contributed by atoms with van der Waals surface area (Å²) in [7, 11) is -2.42. The number of benzene rings is 1. The van der Waals surface area contributed by atoms with Crippen molar-refractivity contribution in [2.45, 2.75) is 24.8 Å². The Morgan fingerprint density at radius 3 is 2.58 bits per heavy atom. The van der Waals surface area contributed by atoms with Crippen molar-refractivity contribution in [3.63, 3.8) is 0 Å². The molecule has 4 nitrogen and oxygen atoms in total. The van der Waals surface area contributed by atoms with Crippen molar-refractivity contribution in [1.29, 1.82) is 0 Å². The first kappa shape index (κ1) is 16.3. The first-order valence-corrected chi connectivity index (χ1v) is 8.57. The molecule has 0 amide bonds. The highest BCUT2D eigenvalue weighted by atomic mass is 32.2. The van der Waals surface area contributed by atoms with Crippen LogP contribution in [0.2, 0.25) is 0 Å². The quantitative estimate of drug-likeness (QED) is 0.846. The predicted octanol–water partition coefficient (Wildman–Crippen LogP) is 2.09. The highest BCUT2D eigenvalue weighted by Gasteiger charge is 2.28. The van der Waals surface area contributed by atoms with Gasteiger partial charge in [0.2, 0.25) is 10.0 Å². The lowest BCUT2D eigenvalue weighted by atomic mass is 10.2. The molecule has 1 atom stereocenters. The molecule has 0 saturated heterocycles. The van der Waals surface area contributed by atoms with Crippen molar-refractivity contribution in [3.8, 4) is 0 Å². The van der Waals surface area contributed by atoms with Crippen molar-refractivity contribution < 1.29 is 12.8 Å². The molecule has 0 aliphatic heterocycles. The van der Waals surface area contributed by atoms with Crippen LogP contribution in [0.15, 0.2) is 17.0 Å². The summed E-state index contributed by atoms with van der Waals surface area (Å²) in [5.74, 6) is -0.131. The van der Waals surface area contributed by atoms with E-state index in [4.69, 9.17) is 5.73 Å². The molecule has 2 N–H and O–H groups in total. The highest BCUT2D eigenvalue weighted by Crippen LogP contribution is 2.25.